The highest BCUT2D eigenvalue weighted by molar-refractivity contribution is 5.25. The van der Waals surface area contributed by atoms with Gasteiger partial charge in [0.25, 0.3) is 5.70 Å². The Balaban J connectivity index is 3.08. The van der Waals surface area contributed by atoms with Crippen molar-refractivity contribution in [1.29, 1.82) is 0 Å². The lowest BCUT2D eigenvalue weighted by atomic mass is 9.75. The molecule has 3 nitrogen and oxygen atoms in total. The lowest BCUT2D eigenvalue weighted by Crippen LogP contribution is -2.26. The molecule has 88 valence electrons. The fraction of sp³-hybridized carbons (Fsp3) is 0.538. The van der Waals surface area contributed by atoms with Gasteiger partial charge in [-0.1, -0.05) is 44.6 Å². The summed E-state index contributed by atoms with van der Waals surface area (Å²) in [6.07, 6.45) is 12.9. The van der Waals surface area contributed by atoms with Crippen molar-refractivity contribution in [3.63, 3.8) is 0 Å². The predicted molar refractivity (Wildman–Crippen MR) is 65.6 cm³/mol. The van der Waals surface area contributed by atoms with E-state index < -0.39 is 0 Å². The summed E-state index contributed by atoms with van der Waals surface area (Å²) in [5, 5.41) is 11.1. The number of nitrogens with zero attached hydrogens (tertiary/aromatic N) is 1. The summed E-state index contributed by atoms with van der Waals surface area (Å²) in [7, 11) is 0. The van der Waals surface area contributed by atoms with Gasteiger partial charge in [-0.25, -0.2) is 0 Å². The topological polar surface area (TPSA) is 43.1 Å². The predicted octanol–water partition coefficient (Wildman–Crippen LogP) is 3.86. The number of hydrogen-bond acceptors (Lipinski definition) is 2. The molecule has 0 amide bonds. The third-order valence-corrected chi connectivity index (χ3v) is 2.94. The molecular weight excluding hydrogens is 202 g/mol. The number of allylic oxidation sites excluding steroid dienone is 5. The van der Waals surface area contributed by atoms with Crippen molar-refractivity contribution >= 4 is 0 Å². The molecule has 16 heavy (non-hydrogen) atoms. The highest BCUT2D eigenvalue weighted by Gasteiger charge is 2.38. The highest BCUT2D eigenvalue weighted by Crippen LogP contribution is 2.40. The zero-order valence-corrected chi connectivity index (χ0v) is 9.98. The van der Waals surface area contributed by atoms with Gasteiger partial charge in [-0.15, -0.1) is 0 Å². The van der Waals surface area contributed by atoms with Crippen molar-refractivity contribution < 1.29 is 4.92 Å². The van der Waals surface area contributed by atoms with E-state index in [1.165, 1.54) is 0 Å². The molecule has 1 atom stereocenters. The molecule has 1 aliphatic carbocycles. The van der Waals surface area contributed by atoms with E-state index >= 15 is 0 Å². The van der Waals surface area contributed by atoms with Crippen LogP contribution in [-0.2, 0) is 0 Å². The van der Waals surface area contributed by atoms with Crippen LogP contribution in [0.4, 0.5) is 0 Å². The Morgan fingerprint density at radius 2 is 2.25 bits per heavy atom. The van der Waals surface area contributed by atoms with Gasteiger partial charge in [-0.05, 0) is 25.3 Å². The average Bonchev–Trinajstić information content (AvgIpc) is 2.27. The van der Waals surface area contributed by atoms with Gasteiger partial charge in [0.1, 0.15) is 0 Å². The summed E-state index contributed by atoms with van der Waals surface area (Å²) in [4.78, 5) is 10.9. The van der Waals surface area contributed by atoms with Crippen molar-refractivity contribution in [1.82, 2.24) is 0 Å². The van der Waals surface area contributed by atoms with E-state index in [-0.39, 0.29) is 10.3 Å². The molecule has 3 heteroatoms. The molecule has 1 unspecified atom stereocenters. The monoisotopic (exact) mass is 221 g/mol. The number of hydrogen-bond donors (Lipinski definition) is 0. The van der Waals surface area contributed by atoms with Crippen LogP contribution in [0.1, 0.15) is 39.5 Å². The van der Waals surface area contributed by atoms with E-state index in [4.69, 9.17) is 0 Å². The van der Waals surface area contributed by atoms with Crippen LogP contribution in [0.3, 0.4) is 0 Å². The molecule has 1 aliphatic rings. The first-order chi connectivity index (χ1) is 7.66. The summed E-state index contributed by atoms with van der Waals surface area (Å²) in [5.41, 5.74) is -0.0272. The maximum atomic E-state index is 11.1. The SMILES string of the molecule is CC/C=C(\[N+](=O)[O-])C1(CCC)C=CC=CC1. The fourth-order valence-corrected chi connectivity index (χ4v) is 2.27. The van der Waals surface area contributed by atoms with Gasteiger partial charge < -0.3 is 0 Å². The summed E-state index contributed by atoms with van der Waals surface area (Å²) >= 11 is 0. The van der Waals surface area contributed by atoms with E-state index in [1.807, 2.05) is 31.2 Å². The van der Waals surface area contributed by atoms with Crippen LogP contribution in [0.5, 0.6) is 0 Å². The molecule has 0 bridgehead atoms. The third kappa shape index (κ3) is 2.60. The molecule has 1 rings (SSSR count). The average molecular weight is 221 g/mol. The summed E-state index contributed by atoms with van der Waals surface area (Å²) < 4.78 is 0. The van der Waals surface area contributed by atoms with E-state index in [1.54, 1.807) is 6.08 Å². The largest absolute Gasteiger partial charge is 0.259 e. The highest BCUT2D eigenvalue weighted by atomic mass is 16.6. The minimum Gasteiger partial charge on any atom is -0.259 e. The van der Waals surface area contributed by atoms with Crippen LogP contribution in [0.15, 0.2) is 36.1 Å². The van der Waals surface area contributed by atoms with E-state index in [9.17, 15) is 10.1 Å². The van der Waals surface area contributed by atoms with Crippen LogP contribution in [0.2, 0.25) is 0 Å². The quantitative estimate of drug-likeness (QED) is 0.522. The molecule has 0 radical (unpaired) electrons. The van der Waals surface area contributed by atoms with Crippen LogP contribution in [0.25, 0.3) is 0 Å². The maximum absolute atomic E-state index is 11.1. The van der Waals surface area contributed by atoms with Crippen molar-refractivity contribution in [2.45, 2.75) is 39.5 Å². The molecule has 0 N–H and O–H groups in total. The first-order valence-corrected chi connectivity index (χ1v) is 5.85. The van der Waals surface area contributed by atoms with Crippen LogP contribution in [-0.4, -0.2) is 4.92 Å². The first-order valence-electron chi connectivity index (χ1n) is 5.85. The van der Waals surface area contributed by atoms with Gasteiger partial charge in [0.2, 0.25) is 0 Å². The van der Waals surface area contributed by atoms with Crippen LogP contribution in [0, 0.1) is 15.5 Å². The van der Waals surface area contributed by atoms with Gasteiger partial charge in [-0.2, -0.15) is 0 Å². The van der Waals surface area contributed by atoms with Crippen LogP contribution < -0.4 is 0 Å². The first kappa shape index (κ1) is 12.7. The van der Waals surface area contributed by atoms with Gasteiger partial charge in [0, 0.05) is 0 Å². The van der Waals surface area contributed by atoms with Crippen molar-refractivity contribution in [3.05, 3.63) is 46.2 Å². The molecule has 0 heterocycles. The second-order valence-electron chi connectivity index (χ2n) is 4.15. The van der Waals surface area contributed by atoms with E-state index in [0.29, 0.717) is 12.1 Å². The smallest absolute Gasteiger partial charge is 0.252 e. The van der Waals surface area contributed by atoms with E-state index in [2.05, 4.69) is 6.92 Å². The maximum Gasteiger partial charge on any atom is 0.252 e. The summed E-state index contributed by atoms with van der Waals surface area (Å²) in [6.45, 7) is 4.00. The second kappa shape index (κ2) is 5.64. The van der Waals surface area contributed by atoms with Gasteiger partial charge in [-0.3, -0.25) is 10.1 Å². The Labute approximate surface area is 96.7 Å². The van der Waals surface area contributed by atoms with Gasteiger partial charge >= 0.3 is 0 Å². The van der Waals surface area contributed by atoms with Gasteiger partial charge in [0.05, 0.1) is 10.3 Å². The van der Waals surface area contributed by atoms with Crippen molar-refractivity contribution in [3.8, 4) is 0 Å². The summed E-state index contributed by atoms with van der Waals surface area (Å²) in [6, 6.07) is 0. The van der Waals surface area contributed by atoms with Gasteiger partial charge in [0.15, 0.2) is 0 Å². The lowest BCUT2D eigenvalue weighted by Gasteiger charge is -2.27. The fourth-order valence-electron chi connectivity index (χ4n) is 2.27. The van der Waals surface area contributed by atoms with E-state index in [0.717, 1.165) is 19.3 Å². The molecular formula is C13H19NO2. The van der Waals surface area contributed by atoms with Crippen molar-refractivity contribution in [2.24, 2.45) is 5.41 Å². The van der Waals surface area contributed by atoms with Crippen LogP contribution >= 0.6 is 0 Å². The zero-order chi connectivity index (χ0) is 12.0. The second-order valence-corrected chi connectivity index (χ2v) is 4.15. The molecule has 0 spiro atoms. The molecule has 0 aromatic carbocycles. The third-order valence-electron chi connectivity index (χ3n) is 2.94. The molecule has 0 aromatic rings. The number of nitro groups is 1. The number of rotatable bonds is 5. The Morgan fingerprint density at radius 1 is 1.50 bits per heavy atom. The normalized spacial score (nSPS) is 24.8. The molecule has 0 aliphatic heterocycles. The Kier molecular flexibility index (Phi) is 4.47. The minimum absolute atomic E-state index is 0.220. The Morgan fingerprint density at radius 3 is 2.69 bits per heavy atom. The Bertz CT molecular complexity index is 342. The standard InChI is InChI=1S/C13H19NO2/c1-3-8-12(14(15)16)13(9-4-2)10-6-5-7-11-13/h5-8,10H,3-4,9,11H2,1-2H3/b12-8-. The molecule has 0 saturated carbocycles. The lowest BCUT2D eigenvalue weighted by molar-refractivity contribution is -0.439. The minimum atomic E-state index is -0.386. The summed E-state index contributed by atoms with van der Waals surface area (Å²) in [5.74, 6) is 0. The van der Waals surface area contributed by atoms with Crippen molar-refractivity contribution in [2.75, 3.05) is 0 Å². The molecule has 0 aromatic heterocycles. The Hall–Kier alpha value is -1.38. The molecule has 0 fully saturated rings. The zero-order valence-electron chi connectivity index (χ0n) is 9.98. The molecule has 0 saturated heterocycles.